The van der Waals surface area contributed by atoms with Crippen molar-refractivity contribution in [1.82, 2.24) is 24.3 Å². The highest BCUT2D eigenvalue weighted by Gasteiger charge is 2.12. The van der Waals surface area contributed by atoms with Crippen LogP contribution in [0, 0.1) is 0 Å². The first-order chi connectivity index (χ1) is 14.8. The van der Waals surface area contributed by atoms with Crippen LogP contribution >= 0.6 is 0 Å². The van der Waals surface area contributed by atoms with Gasteiger partial charge in [-0.05, 0) is 48.2 Å². The third-order valence-electron chi connectivity index (χ3n) is 4.69. The molecule has 0 saturated carbocycles. The summed E-state index contributed by atoms with van der Waals surface area (Å²) in [6, 6.07) is 1.26. The molecule has 1 aliphatic heterocycles. The van der Waals surface area contributed by atoms with E-state index < -0.39 is 0 Å². The Balaban J connectivity index is 0. The molecule has 0 aliphatic carbocycles. The Morgan fingerprint density at radius 2 is 1.48 bits per heavy atom. The van der Waals surface area contributed by atoms with Gasteiger partial charge in [-0.2, -0.15) is 0 Å². The van der Waals surface area contributed by atoms with E-state index in [0.717, 1.165) is 45.9 Å². The van der Waals surface area contributed by atoms with Crippen molar-refractivity contribution in [2.45, 2.75) is 86.9 Å². The lowest BCUT2D eigenvalue weighted by Crippen LogP contribution is -2.40. The maximum Gasteiger partial charge on any atom is 0.0945 e. The molecule has 0 unspecified atom stereocenters. The maximum absolute atomic E-state index is 5.25. The standard InChI is InChI=1S/C12H23N3.C8H18N2O.C3H8.C2H6/c1-11(2)15(12(3)4)8-5-7-14-9-6-13-10-14;1-9(2)3-4-10-5-7-11-8-6-10;1-3-2;1-2/h6,9-12H,5,7-8H2,1-4H3;3-8H2,1-2H3;3H2,1-2H3;1-2H3. The summed E-state index contributed by atoms with van der Waals surface area (Å²) in [6.07, 6.45) is 8.18. The number of imidazole rings is 1. The average molecular weight is 442 g/mol. The molecule has 1 aromatic rings. The Kier molecular flexibility index (Phi) is 23.1. The van der Waals surface area contributed by atoms with Gasteiger partial charge in [0.2, 0.25) is 0 Å². The minimum Gasteiger partial charge on any atom is -0.379 e. The molecule has 6 heteroatoms. The molecule has 186 valence electrons. The van der Waals surface area contributed by atoms with Gasteiger partial charge in [-0.3, -0.25) is 9.80 Å². The number of ether oxygens (including phenoxy) is 1. The number of aryl methyl sites for hydroxylation is 1. The molecule has 0 N–H and O–H groups in total. The molecule has 0 radical (unpaired) electrons. The number of morpholine rings is 1. The number of rotatable bonds is 9. The van der Waals surface area contributed by atoms with Crippen molar-refractivity contribution in [3.8, 4) is 0 Å². The highest BCUT2D eigenvalue weighted by Crippen LogP contribution is 2.06. The quantitative estimate of drug-likeness (QED) is 0.554. The largest absolute Gasteiger partial charge is 0.379 e. The lowest BCUT2D eigenvalue weighted by Gasteiger charge is -2.30. The summed E-state index contributed by atoms with van der Waals surface area (Å²) < 4.78 is 7.39. The number of nitrogens with zero attached hydrogens (tertiary/aromatic N) is 5. The van der Waals surface area contributed by atoms with Crippen molar-refractivity contribution in [3.05, 3.63) is 18.7 Å². The van der Waals surface area contributed by atoms with E-state index in [4.69, 9.17) is 4.74 Å². The van der Waals surface area contributed by atoms with Gasteiger partial charge >= 0.3 is 0 Å². The second kappa shape index (κ2) is 22.3. The lowest BCUT2D eigenvalue weighted by atomic mass is 10.2. The highest BCUT2D eigenvalue weighted by atomic mass is 16.5. The van der Waals surface area contributed by atoms with E-state index in [2.05, 4.69) is 79.9 Å². The Morgan fingerprint density at radius 1 is 0.935 bits per heavy atom. The summed E-state index contributed by atoms with van der Waals surface area (Å²) in [5, 5.41) is 0. The first-order valence-corrected chi connectivity index (χ1v) is 12.5. The second-order valence-corrected chi connectivity index (χ2v) is 8.54. The average Bonchev–Trinajstić information content (AvgIpc) is 3.26. The molecule has 0 atom stereocenters. The molecule has 1 saturated heterocycles. The van der Waals surface area contributed by atoms with Crippen LogP contribution in [0.15, 0.2) is 18.7 Å². The third kappa shape index (κ3) is 19.5. The fraction of sp³-hybridized carbons (Fsp3) is 0.880. The van der Waals surface area contributed by atoms with Crippen molar-refractivity contribution < 1.29 is 4.74 Å². The molecule has 1 fully saturated rings. The normalized spacial score (nSPS) is 14.0. The van der Waals surface area contributed by atoms with Crippen molar-refractivity contribution >= 4 is 0 Å². The topological polar surface area (TPSA) is 36.8 Å². The van der Waals surface area contributed by atoms with Crippen LogP contribution in [0.5, 0.6) is 0 Å². The summed E-state index contributed by atoms with van der Waals surface area (Å²) in [5.41, 5.74) is 0. The Morgan fingerprint density at radius 3 is 1.90 bits per heavy atom. The van der Waals surface area contributed by atoms with E-state index in [1.54, 1.807) is 0 Å². The summed E-state index contributed by atoms with van der Waals surface area (Å²) in [4.78, 5) is 11.2. The van der Waals surface area contributed by atoms with E-state index in [9.17, 15) is 0 Å². The SMILES string of the molecule is CC.CC(C)N(CCCn1ccnc1)C(C)C.CCC.CN(C)CCN1CCOCC1. The van der Waals surface area contributed by atoms with Gasteiger partial charge in [0.05, 0.1) is 19.5 Å². The minimum atomic E-state index is 0.632. The summed E-state index contributed by atoms with van der Waals surface area (Å²) in [7, 11) is 4.22. The van der Waals surface area contributed by atoms with Gasteiger partial charge in [-0.1, -0.05) is 34.1 Å². The van der Waals surface area contributed by atoms with Crippen LogP contribution in [0.4, 0.5) is 0 Å². The summed E-state index contributed by atoms with van der Waals surface area (Å²) in [6.45, 7) is 25.9. The molecule has 2 heterocycles. The van der Waals surface area contributed by atoms with Crippen LogP contribution in [-0.2, 0) is 11.3 Å². The van der Waals surface area contributed by atoms with Crippen LogP contribution in [0.3, 0.4) is 0 Å². The van der Waals surface area contributed by atoms with E-state index in [0.29, 0.717) is 12.1 Å². The molecule has 0 bridgehead atoms. The van der Waals surface area contributed by atoms with Crippen LogP contribution in [-0.4, -0.2) is 96.4 Å². The van der Waals surface area contributed by atoms with Crippen molar-refractivity contribution in [3.63, 3.8) is 0 Å². The van der Waals surface area contributed by atoms with Crippen molar-refractivity contribution in [2.24, 2.45) is 0 Å². The van der Waals surface area contributed by atoms with Crippen LogP contribution in [0.1, 0.15) is 68.2 Å². The summed E-state index contributed by atoms with van der Waals surface area (Å²) in [5.74, 6) is 0. The Hall–Kier alpha value is -0.950. The molecule has 0 spiro atoms. The Labute approximate surface area is 195 Å². The van der Waals surface area contributed by atoms with Gasteiger partial charge in [0.15, 0.2) is 0 Å². The summed E-state index contributed by atoms with van der Waals surface area (Å²) >= 11 is 0. The molecule has 0 aromatic carbocycles. The minimum absolute atomic E-state index is 0.632. The fourth-order valence-corrected chi connectivity index (χ4v) is 3.13. The smallest absolute Gasteiger partial charge is 0.0945 e. The number of likely N-dealkylation sites (N-methyl/N-ethyl adjacent to an activating group) is 1. The van der Waals surface area contributed by atoms with Crippen LogP contribution < -0.4 is 0 Å². The zero-order valence-corrected chi connectivity index (χ0v) is 22.6. The van der Waals surface area contributed by atoms with Crippen molar-refractivity contribution in [1.29, 1.82) is 0 Å². The molecule has 31 heavy (non-hydrogen) atoms. The molecular weight excluding hydrogens is 386 g/mol. The van der Waals surface area contributed by atoms with E-state index in [1.165, 1.54) is 19.4 Å². The maximum atomic E-state index is 5.25. The van der Waals surface area contributed by atoms with Gasteiger partial charge in [0.1, 0.15) is 0 Å². The monoisotopic (exact) mass is 441 g/mol. The van der Waals surface area contributed by atoms with Gasteiger partial charge in [0, 0.05) is 63.7 Å². The first-order valence-electron chi connectivity index (χ1n) is 12.5. The molecule has 1 aliphatic rings. The molecule has 2 rings (SSSR count). The molecule has 0 amide bonds. The number of hydrogen-bond donors (Lipinski definition) is 0. The number of aromatic nitrogens is 2. The molecule has 1 aromatic heterocycles. The highest BCUT2D eigenvalue weighted by molar-refractivity contribution is 4.74. The van der Waals surface area contributed by atoms with Gasteiger partial charge < -0.3 is 14.2 Å². The van der Waals surface area contributed by atoms with E-state index >= 15 is 0 Å². The van der Waals surface area contributed by atoms with Gasteiger partial charge in [-0.15, -0.1) is 0 Å². The predicted molar refractivity (Wildman–Crippen MR) is 137 cm³/mol. The van der Waals surface area contributed by atoms with E-state index in [-0.39, 0.29) is 0 Å². The zero-order valence-electron chi connectivity index (χ0n) is 22.6. The molecule has 6 nitrogen and oxygen atoms in total. The fourth-order valence-electron chi connectivity index (χ4n) is 3.13. The Bertz CT molecular complexity index is 435. The van der Waals surface area contributed by atoms with Gasteiger partial charge in [-0.25, -0.2) is 4.98 Å². The third-order valence-corrected chi connectivity index (χ3v) is 4.69. The number of hydrogen-bond acceptors (Lipinski definition) is 5. The van der Waals surface area contributed by atoms with Crippen LogP contribution in [0.25, 0.3) is 0 Å². The van der Waals surface area contributed by atoms with Crippen molar-refractivity contribution in [2.75, 3.05) is 60.0 Å². The van der Waals surface area contributed by atoms with Gasteiger partial charge in [0.25, 0.3) is 0 Å². The zero-order chi connectivity index (χ0) is 24.1. The van der Waals surface area contributed by atoms with Crippen LogP contribution in [0.2, 0.25) is 0 Å². The lowest BCUT2D eigenvalue weighted by molar-refractivity contribution is 0.0354. The molecular formula is C25H55N5O. The predicted octanol–water partition coefficient (Wildman–Crippen LogP) is 4.71. The van der Waals surface area contributed by atoms with E-state index in [1.807, 2.05) is 32.6 Å². The second-order valence-electron chi connectivity index (χ2n) is 8.54. The first kappa shape index (κ1) is 32.2.